The van der Waals surface area contributed by atoms with E-state index in [-0.39, 0.29) is 0 Å². The van der Waals surface area contributed by atoms with Gasteiger partial charge in [-0.25, -0.2) is 9.98 Å². The summed E-state index contributed by atoms with van der Waals surface area (Å²) in [6, 6.07) is 4.13. The van der Waals surface area contributed by atoms with Crippen LogP contribution >= 0.6 is 0 Å². The van der Waals surface area contributed by atoms with Gasteiger partial charge in [-0.2, -0.15) is 0 Å². The van der Waals surface area contributed by atoms with Gasteiger partial charge in [0.05, 0.1) is 19.8 Å². The van der Waals surface area contributed by atoms with Crippen LogP contribution in [0.25, 0.3) is 0 Å². The summed E-state index contributed by atoms with van der Waals surface area (Å²) in [5, 5.41) is 3.21. The lowest BCUT2D eigenvalue weighted by Gasteiger charge is -2.33. The molecular weight excluding hydrogens is 342 g/mol. The molecule has 150 valence electrons. The summed E-state index contributed by atoms with van der Waals surface area (Å²) in [5.41, 5.74) is 7.15. The van der Waals surface area contributed by atoms with Crippen LogP contribution in [-0.4, -0.2) is 93.4 Å². The molecule has 0 bridgehead atoms. The Morgan fingerprint density at radius 1 is 1.22 bits per heavy atom. The minimum absolute atomic E-state index is 0.509. The van der Waals surface area contributed by atoms with Crippen LogP contribution in [0.2, 0.25) is 0 Å². The van der Waals surface area contributed by atoms with Gasteiger partial charge in [0.2, 0.25) is 0 Å². The number of piperazine rings is 1. The number of pyridine rings is 1. The van der Waals surface area contributed by atoms with Crippen molar-refractivity contribution in [3.63, 3.8) is 0 Å². The number of nitrogens with zero attached hydrogens (tertiary/aromatic N) is 5. The fraction of sp³-hybridized carbons (Fsp3) is 0.684. The average molecular weight is 376 g/mol. The van der Waals surface area contributed by atoms with Crippen molar-refractivity contribution in [2.24, 2.45) is 10.7 Å². The van der Waals surface area contributed by atoms with Crippen molar-refractivity contribution in [3.8, 4) is 0 Å². The molecule has 0 saturated carbocycles. The van der Waals surface area contributed by atoms with Crippen LogP contribution in [0, 0.1) is 0 Å². The lowest BCUT2D eigenvalue weighted by atomic mass is 10.2. The Morgan fingerprint density at radius 2 is 2.00 bits per heavy atom. The zero-order valence-electron chi connectivity index (χ0n) is 16.4. The largest absolute Gasteiger partial charge is 0.379 e. The molecule has 1 aromatic rings. The molecule has 0 aromatic carbocycles. The molecular formula is C19H33N7O. The SMILES string of the molecule is CN1CCN(c2cc(CN=C(N)NCCCN3CCOCC3)ccn2)CC1. The summed E-state index contributed by atoms with van der Waals surface area (Å²) >= 11 is 0. The molecule has 27 heavy (non-hydrogen) atoms. The van der Waals surface area contributed by atoms with Gasteiger partial charge in [-0.15, -0.1) is 0 Å². The van der Waals surface area contributed by atoms with Crippen molar-refractivity contribution in [1.82, 2.24) is 20.1 Å². The molecule has 0 radical (unpaired) electrons. The van der Waals surface area contributed by atoms with Crippen LogP contribution in [0.15, 0.2) is 23.3 Å². The normalized spacial score (nSPS) is 20.0. The molecule has 2 aliphatic heterocycles. The van der Waals surface area contributed by atoms with Gasteiger partial charge in [0, 0.05) is 52.0 Å². The van der Waals surface area contributed by atoms with Gasteiger partial charge < -0.3 is 25.6 Å². The summed E-state index contributed by atoms with van der Waals surface area (Å²) in [5.74, 6) is 1.54. The molecule has 3 heterocycles. The number of morpholine rings is 1. The number of hydrogen-bond donors (Lipinski definition) is 2. The van der Waals surface area contributed by atoms with E-state index in [0.29, 0.717) is 12.5 Å². The van der Waals surface area contributed by atoms with E-state index in [1.54, 1.807) is 0 Å². The third-order valence-corrected chi connectivity index (χ3v) is 5.13. The molecule has 1 aromatic heterocycles. The summed E-state index contributed by atoms with van der Waals surface area (Å²) in [6.45, 7) is 10.4. The van der Waals surface area contributed by atoms with Crippen molar-refractivity contribution in [1.29, 1.82) is 0 Å². The molecule has 3 rings (SSSR count). The number of likely N-dealkylation sites (N-methyl/N-ethyl adjacent to an activating group) is 1. The molecule has 8 heteroatoms. The highest BCUT2D eigenvalue weighted by Crippen LogP contribution is 2.15. The molecule has 2 saturated heterocycles. The Kier molecular flexibility index (Phi) is 7.67. The van der Waals surface area contributed by atoms with Crippen molar-refractivity contribution in [2.75, 3.05) is 77.5 Å². The van der Waals surface area contributed by atoms with E-state index in [1.165, 1.54) is 0 Å². The second-order valence-electron chi connectivity index (χ2n) is 7.25. The van der Waals surface area contributed by atoms with Gasteiger partial charge >= 0.3 is 0 Å². The van der Waals surface area contributed by atoms with E-state index in [4.69, 9.17) is 10.5 Å². The fourth-order valence-electron chi connectivity index (χ4n) is 3.34. The van der Waals surface area contributed by atoms with Gasteiger partial charge in [0.25, 0.3) is 0 Å². The zero-order valence-corrected chi connectivity index (χ0v) is 16.4. The van der Waals surface area contributed by atoms with E-state index in [9.17, 15) is 0 Å². The Balaban J connectivity index is 1.39. The summed E-state index contributed by atoms with van der Waals surface area (Å²) in [6.07, 6.45) is 2.92. The summed E-state index contributed by atoms with van der Waals surface area (Å²) in [4.78, 5) is 16.1. The van der Waals surface area contributed by atoms with Gasteiger partial charge in [-0.05, 0) is 37.7 Å². The van der Waals surface area contributed by atoms with Crippen LogP contribution in [-0.2, 0) is 11.3 Å². The zero-order chi connectivity index (χ0) is 18.9. The van der Waals surface area contributed by atoms with E-state index in [0.717, 1.165) is 83.4 Å². The van der Waals surface area contributed by atoms with Crippen LogP contribution in [0.5, 0.6) is 0 Å². The maximum absolute atomic E-state index is 6.01. The molecule has 0 aliphatic carbocycles. The molecule has 2 aliphatic rings. The summed E-state index contributed by atoms with van der Waals surface area (Å²) < 4.78 is 5.36. The first kappa shape index (κ1) is 19.9. The maximum Gasteiger partial charge on any atom is 0.188 e. The third-order valence-electron chi connectivity index (χ3n) is 5.13. The maximum atomic E-state index is 6.01. The molecule has 0 spiro atoms. The minimum Gasteiger partial charge on any atom is -0.379 e. The van der Waals surface area contributed by atoms with Gasteiger partial charge in [0.15, 0.2) is 5.96 Å². The number of guanidine groups is 1. The monoisotopic (exact) mass is 375 g/mol. The number of aromatic nitrogens is 1. The fourth-order valence-corrected chi connectivity index (χ4v) is 3.34. The number of nitrogens with two attached hydrogens (primary N) is 1. The molecule has 0 atom stereocenters. The topological polar surface area (TPSA) is 82.2 Å². The van der Waals surface area contributed by atoms with Crippen LogP contribution < -0.4 is 16.0 Å². The van der Waals surface area contributed by atoms with Crippen molar-refractivity contribution >= 4 is 11.8 Å². The average Bonchev–Trinajstić information content (AvgIpc) is 2.71. The molecule has 8 nitrogen and oxygen atoms in total. The van der Waals surface area contributed by atoms with Gasteiger partial charge in [-0.1, -0.05) is 0 Å². The molecule has 0 amide bonds. The second-order valence-corrected chi connectivity index (χ2v) is 7.25. The van der Waals surface area contributed by atoms with Crippen LogP contribution in [0.3, 0.4) is 0 Å². The number of nitrogens with one attached hydrogen (secondary N) is 1. The number of anilines is 1. The second kappa shape index (κ2) is 10.4. The lowest BCUT2D eigenvalue weighted by Crippen LogP contribution is -2.44. The lowest BCUT2D eigenvalue weighted by molar-refractivity contribution is 0.0376. The number of rotatable bonds is 7. The van der Waals surface area contributed by atoms with Crippen molar-refractivity contribution in [2.45, 2.75) is 13.0 Å². The van der Waals surface area contributed by atoms with Gasteiger partial charge in [-0.3, -0.25) is 4.90 Å². The Morgan fingerprint density at radius 3 is 2.78 bits per heavy atom. The van der Waals surface area contributed by atoms with E-state index < -0.39 is 0 Å². The van der Waals surface area contributed by atoms with Gasteiger partial charge in [0.1, 0.15) is 5.82 Å². The Hall–Kier alpha value is -1.90. The molecule has 2 fully saturated rings. The predicted molar refractivity (Wildman–Crippen MR) is 109 cm³/mol. The highest BCUT2D eigenvalue weighted by atomic mass is 16.5. The Labute approximate surface area is 162 Å². The van der Waals surface area contributed by atoms with Crippen molar-refractivity contribution in [3.05, 3.63) is 23.9 Å². The van der Waals surface area contributed by atoms with Crippen LogP contribution in [0.1, 0.15) is 12.0 Å². The highest BCUT2D eigenvalue weighted by molar-refractivity contribution is 5.77. The smallest absolute Gasteiger partial charge is 0.188 e. The first-order valence-corrected chi connectivity index (χ1v) is 9.93. The quantitative estimate of drug-likeness (QED) is 0.393. The molecule has 3 N–H and O–H groups in total. The number of hydrogen-bond acceptors (Lipinski definition) is 6. The Bertz CT molecular complexity index is 595. The minimum atomic E-state index is 0.509. The number of aliphatic imine (C=N–C) groups is 1. The first-order chi connectivity index (χ1) is 13.2. The van der Waals surface area contributed by atoms with E-state index in [1.807, 2.05) is 12.3 Å². The van der Waals surface area contributed by atoms with Crippen molar-refractivity contribution < 1.29 is 4.74 Å². The third kappa shape index (κ3) is 6.64. The predicted octanol–water partition coefficient (Wildman–Crippen LogP) is -0.0400. The first-order valence-electron chi connectivity index (χ1n) is 9.93. The standard InChI is InChI=1S/C19H33N7O/c1-24-7-9-26(10-8-24)18-15-17(3-5-21-18)16-23-19(20)22-4-2-6-25-11-13-27-14-12-25/h3,5,15H,2,4,6-14,16H2,1H3,(H3,20,22,23). The molecule has 0 unspecified atom stereocenters. The van der Waals surface area contributed by atoms with E-state index >= 15 is 0 Å². The summed E-state index contributed by atoms with van der Waals surface area (Å²) in [7, 11) is 2.16. The van der Waals surface area contributed by atoms with Crippen LogP contribution in [0.4, 0.5) is 5.82 Å². The van der Waals surface area contributed by atoms with E-state index in [2.05, 4.69) is 43.1 Å². The highest BCUT2D eigenvalue weighted by Gasteiger charge is 2.15. The number of ether oxygens (including phenoxy) is 1.